The molecular formula is C29H31N3OS2. The molecule has 1 aromatic heterocycles. The Kier molecular flexibility index (Phi) is 7.83. The smallest absolute Gasteiger partial charge is 0.194 e. The molecule has 0 aliphatic heterocycles. The lowest BCUT2D eigenvalue weighted by atomic mass is 9.93. The lowest BCUT2D eigenvalue weighted by molar-refractivity contribution is 0.243. The third-order valence-electron chi connectivity index (χ3n) is 5.39. The van der Waals surface area contributed by atoms with E-state index in [1.54, 1.807) is 11.3 Å². The summed E-state index contributed by atoms with van der Waals surface area (Å²) in [6, 6.07) is 24.3. The quantitative estimate of drug-likeness (QED) is 0.177. The van der Waals surface area contributed by atoms with Crippen molar-refractivity contribution in [3.63, 3.8) is 0 Å². The fourth-order valence-corrected chi connectivity index (χ4v) is 5.23. The van der Waals surface area contributed by atoms with E-state index in [0.29, 0.717) is 6.61 Å². The van der Waals surface area contributed by atoms with Crippen molar-refractivity contribution in [2.45, 2.75) is 32.1 Å². The van der Waals surface area contributed by atoms with E-state index >= 15 is 0 Å². The van der Waals surface area contributed by atoms with Gasteiger partial charge in [0.25, 0.3) is 0 Å². The second-order valence-electron chi connectivity index (χ2n) is 9.45. The summed E-state index contributed by atoms with van der Waals surface area (Å²) in [5, 5.41) is 0.820. The van der Waals surface area contributed by atoms with Crippen LogP contribution < -0.4 is 15.2 Å². The Morgan fingerprint density at radius 2 is 1.86 bits per heavy atom. The maximum Gasteiger partial charge on any atom is 0.194 e. The average Bonchev–Trinajstić information content (AvgIpc) is 3.26. The molecule has 0 saturated carbocycles. The molecule has 6 heteroatoms. The highest BCUT2D eigenvalue weighted by molar-refractivity contribution is 8.00. The monoisotopic (exact) mass is 501 g/mol. The van der Waals surface area contributed by atoms with Crippen molar-refractivity contribution < 1.29 is 4.74 Å². The van der Waals surface area contributed by atoms with Gasteiger partial charge in [0.2, 0.25) is 0 Å². The lowest BCUT2D eigenvalue weighted by Gasteiger charge is -2.18. The van der Waals surface area contributed by atoms with Gasteiger partial charge in [-0.1, -0.05) is 87.2 Å². The zero-order valence-corrected chi connectivity index (χ0v) is 22.0. The standard InChI is InChI=1S/C29H31N3OS2/c1-5-20-10-6-7-15-25(20)26-27(21-11-8-13-23(18-21)33-17-16-29(2,3)4)34-28(31-26)32-35-24-14-9-12-22(30)19-24/h5-15,18-19H,1,16-17,30H2,2-4H3,(H,31,32). The predicted molar refractivity (Wildman–Crippen MR) is 153 cm³/mol. The van der Waals surface area contributed by atoms with E-state index in [1.165, 1.54) is 11.9 Å². The minimum atomic E-state index is 0.235. The summed E-state index contributed by atoms with van der Waals surface area (Å²) in [4.78, 5) is 7.11. The largest absolute Gasteiger partial charge is 0.494 e. The zero-order chi connectivity index (χ0) is 24.8. The minimum Gasteiger partial charge on any atom is -0.494 e. The van der Waals surface area contributed by atoms with Crippen LogP contribution in [0.1, 0.15) is 32.8 Å². The summed E-state index contributed by atoms with van der Waals surface area (Å²) >= 11 is 3.12. The van der Waals surface area contributed by atoms with Crippen molar-refractivity contribution in [2.75, 3.05) is 17.1 Å². The zero-order valence-electron chi connectivity index (χ0n) is 20.4. The van der Waals surface area contributed by atoms with Crippen LogP contribution in [-0.2, 0) is 0 Å². The van der Waals surface area contributed by atoms with Gasteiger partial charge in [0.15, 0.2) is 5.13 Å². The molecule has 3 aromatic carbocycles. The summed E-state index contributed by atoms with van der Waals surface area (Å²) in [7, 11) is 0. The van der Waals surface area contributed by atoms with Crippen LogP contribution in [-0.4, -0.2) is 11.6 Å². The van der Waals surface area contributed by atoms with Gasteiger partial charge in [0.1, 0.15) is 5.75 Å². The Labute approximate surface area is 216 Å². The topological polar surface area (TPSA) is 60.2 Å². The van der Waals surface area contributed by atoms with Crippen molar-refractivity contribution in [3.8, 4) is 27.4 Å². The van der Waals surface area contributed by atoms with Crippen LogP contribution in [0.4, 0.5) is 10.8 Å². The highest BCUT2D eigenvalue weighted by Gasteiger charge is 2.18. The number of ether oxygens (including phenoxy) is 1. The van der Waals surface area contributed by atoms with E-state index in [0.717, 1.165) is 55.1 Å². The van der Waals surface area contributed by atoms with Crippen molar-refractivity contribution in [2.24, 2.45) is 5.41 Å². The number of hydrogen-bond donors (Lipinski definition) is 2. The first-order chi connectivity index (χ1) is 16.8. The summed E-state index contributed by atoms with van der Waals surface area (Å²) in [6.07, 6.45) is 2.87. The van der Waals surface area contributed by atoms with Crippen LogP contribution in [0.3, 0.4) is 0 Å². The van der Waals surface area contributed by atoms with Crippen molar-refractivity contribution in [1.29, 1.82) is 0 Å². The Morgan fingerprint density at radius 1 is 1.06 bits per heavy atom. The number of hydrogen-bond acceptors (Lipinski definition) is 6. The molecule has 0 saturated heterocycles. The average molecular weight is 502 g/mol. The lowest BCUT2D eigenvalue weighted by Crippen LogP contribution is -2.11. The Morgan fingerprint density at radius 3 is 2.63 bits per heavy atom. The summed E-state index contributed by atoms with van der Waals surface area (Å²) in [5.74, 6) is 0.867. The number of nitrogens with one attached hydrogen (secondary N) is 1. The number of thiazole rings is 1. The van der Waals surface area contributed by atoms with Gasteiger partial charge in [0.05, 0.1) is 17.2 Å². The van der Waals surface area contributed by atoms with Gasteiger partial charge in [-0.25, -0.2) is 4.98 Å². The van der Waals surface area contributed by atoms with Gasteiger partial charge in [-0.15, -0.1) is 0 Å². The molecule has 0 atom stereocenters. The molecule has 4 rings (SSSR count). The van der Waals surface area contributed by atoms with E-state index in [9.17, 15) is 0 Å². The van der Waals surface area contributed by atoms with E-state index in [4.69, 9.17) is 15.5 Å². The molecule has 4 nitrogen and oxygen atoms in total. The van der Waals surface area contributed by atoms with Crippen LogP contribution in [0.25, 0.3) is 27.8 Å². The number of nitrogens with two attached hydrogens (primary N) is 1. The maximum absolute atomic E-state index is 6.09. The molecule has 0 aliphatic rings. The van der Waals surface area contributed by atoms with Gasteiger partial charge < -0.3 is 15.2 Å². The predicted octanol–water partition coefficient (Wildman–Crippen LogP) is 8.64. The van der Waals surface area contributed by atoms with Crippen LogP contribution in [0.5, 0.6) is 5.75 Å². The van der Waals surface area contributed by atoms with Gasteiger partial charge in [-0.05, 0) is 65.2 Å². The highest BCUT2D eigenvalue weighted by Crippen LogP contribution is 2.42. The van der Waals surface area contributed by atoms with Gasteiger partial charge in [-0.2, -0.15) is 0 Å². The third kappa shape index (κ3) is 6.68. The number of benzene rings is 3. The normalized spacial score (nSPS) is 11.3. The fourth-order valence-electron chi connectivity index (χ4n) is 3.52. The molecule has 0 radical (unpaired) electrons. The Bertz CT molecular complexity index is 1310. The SMILES string of the molecule is C=Cc1ccccc1-c1nc(NSc2cccc(N)c2)sc1-c1cccc(OCCC(C)(C)C)c1. The Hall–Kier alpha value is -3.22. The van der Waals surface area contributed by atoms with Crippen LogP contribution in [0.2, 0.25) is 0 Å². The minimum absolute atomic E-state index is 0.235. The molecule has 1 heterocycles. The molecule has 35 heavy (non-hydrogen) atoms. The third-order valence-corrected chi connectivity index (χ3v) is 7.33. The number of nitrogen functional groups attached to an aromatic ring is 1. The van der Waals surface area contributed by atoms with Crippen LogP contribution in [0.15, 0.2) is 84.3 Å². The number of nitrogens with zero attached hydrogens (tertiary/aromatic N) is 1. The summed E-state index contributed by atoms with van der Waals surface area (Å²) in [6.45, 7) is 11.4. The Balaban J connectivity index is 1.67. The number of rotatable bonds is 9. The van der Waals surface area contributed by atoms with Crippen molar-refractivity contribution in [1.82, 2.24) is 4.98 Å². The van der Waals surface area contributed by atoms with Crippen molar-refractivity contribution in [3.05, 3.63) is 84.9 Å². The van der Waals surface area contributed by atoms with Crippen LogP contribution in [0, 0.1) is 5.41 Å². The second-order valence-corrected chi connectivity index (χ2v) is 11.3. The van der Waals surface area contributed by atoms with E-state index in [2.05, 4.69) is 56.3 Å². The summed E-state index contributed by atoms with van der Waals surface area (Å²) < 4.78 is 9.50. The molecule has 180 valence electrons. The fraction of sp³-hybridized carbons (Fsp3) is 0.207. The molecule has 0 bridgehead atoms. The van der Waals surface area contributed by atoms with Crippen molar-refractivity contribution >= 4 is 40.2 Å². The molecular weight excluding hydrogens is 470 g/mol. The van der Waals surface area contributed by atoms with Gasteiger partial charge in [-0.3, -0.25) is 0 Å². The molecule has 0 spiro atoms. The number of aromatic nitrogens is 1. The van der Waals surface area contributed by atoms with E-state index in [1.807, 2.05) is 54.6 Å². The second kappa shape index (κ2) is 11.0. The summed E-state index contributed by atoms with van der Waals surface area (Å²) in [5.41, 5.74) is 11.0. The first kappa shape index (κ1) is 24.9. The molecule has 3 N–H and O–H groups in total. The van der Waals surface area contributed by atoms with Gasteiger partial charge in [0, 0.05) is 16.1 Å². The molecule has 0 unspecified atom stereocenters. The van der Waals surface area contributed by atoms with Crippen LogP contribution >= 0.6 is 23.3 Å². The molecule has 4 aromatic rings. The maximum atomic E-state index is 6.09. The molecule has 0 aliphatic carbocycles. The first-order valence-electron chi connectivity index (χ1n) is 11.6. The van der Waals surface area contributed by atoms with E-state index in [-0.39, 0.29) is 5.41 Å². The highest BCUT2D eigenvalue weighted by atomic mass is 32.2. The van der Waals surface area contributed by atoms with Gasteiger partial charge >= 0.3 is 0 Å². The first-order valence-corrected chi connectivity index (χ1v) is 13.2. The molecule has 0 amide bonds. The number of anilines is 2. The van der Waals surface area contributed by atoms with E-state index < -0.39 is 0 Å². The molecule has 0 fully saturated rings.